The molecule has 0 atom stereocenters. The number of hydrogen-bond donors (Lipinski definition) is 2. The zero-order chi connectivity index (χ0) is 23.8. The molecule has 10 heteroatoms. The van der Waals surface area contributed by atoms with Crippen LogP contribution < -0.4 is 5.32 Å². The molecule has 0 aliphatic heterocycles. The highest BCUT2D eigenvalue weighted by molar-refractivity contribution is 7.90. The van der Waals surface area contributed by atoms with Gasteiger partial charge >= 0.3 is 0 Å². The summed E-state index contributed by atoms with van der Waals surface area (Å²) in [5, 5.41) is 15.6. The number of hydrogen-bond acceptors (Lipinski definition) is 6. The Balaban J connectivity index is 1.78. The molecule has 1 amide bonds. The summed E-state index contributed by atoms with van der Waals surface area (Å²) in [6.45, 7) is 2.11. The van der Waals surface area contributed by atoms with E-state index in [2.05, 4.69) is 10.4 Å². The molecule has 0 bridgehead atoms. The normalized spacial score (nSPS) is 11.5. The molecule has 0 aliphatic carbocycles. The minimum absolute atomic E-state index is 0.135. The zero-order valence-electron chi connectivity index (χ0n) is 18.4. The Hall–Kier alpha value is -3.92. The number of nitrogens with zero attached hydrogens (tertiary/aromatic N) is 3. The highest BCUT2D eigenvalue weighted by Gasteiger charge is 2.21. The van der Waals surface area contributed by atoms with E-state index in [-0.39, 0.29) is 28.9 Å². The molecule has 2 aromatic heterocycles. The van der Waals surface area contributed by atoms with Crippen molar-refractivity contribution in [2.24, 2.45) is 0 Å². The third-order valence-electron chi connectivity index (χ3n) is 5.36. The van der Waals surface area contributed by atoms with Crippen molar-refractivity contribution in [2.75, 3.05) is 14.2 Å². The summed E-state index contributed by atoms with van der Waals surface area (Å²) in [5.41, 5.74) is 2.76. The molecule has 2 heterocycles. The van der Waals surface area contributed by atoms with E-state index < -0.39 is 10.0 Å². The molecule has 0 unspecified atom stereocenters. The Morgan fingerprint density at radius 2 is 1.88 bits per heavy atom. The lowest BCUT2D eigenvalue weighted by atomic mass is 10.1. The van der Waals surface area contributed by atoms with E-state index in [9.17, 15) is 13.2 Å². The molecule has 0 aliphatic rings. The second kappa shape index (κ2) is 8.55. The lowest BCUT2D eigenvalue weighted by molar-refractivity contribution is 0.0957. The van der Waals surface area contributed by atoms with Crippen LogP contribution in [0.2, 0.25) is 0 Å². The molecule has 0 fully saturated rings. The number of aryl methyl sites for hydroxylation is 1. The van der Waals surface area contributed by atoms with Crippen LogP contribution in [0.1, 0.15) is 27.3 Å². The number of carbonyl (C=O) groups is 1. The lowest BCUT2D eigenvalue weighted by Gasteiger charge is -2.11. The van der Waals surface area contributed by atoms with Gasteiger partial charge in [-0.25, -0.2) is 12.4 Å². The Kier molecular flexibility index (Phi) is 5.77. The van der Waals surface area contributed by atoms with Gasteiger partial charge in [0.15, 0.2) is 5.69 Å². The number of carbonyl (C=O) groups excluding carboxylic acids is 1. The molecule has 0 saturated heterocycles. The Bertz CT molecular complexity index is 1470. The van der Waals surface area contributed by atoms with Gasteiger partial charge in [0.2, 0.25) is 5.90 Å². The number of fused-ring (bicyclic) bond motifs is 1. The first-order valence-electron chi connectivity index (χ1n) is 10.1. The predicted molar refractivity (Wildman–Crippen MR) is 124 cm³/mol. The molecule has 4 aromatic rings. The van der Waals surface area contributed by atoms with Crippen LogP contribution in [0.25, 0.3) is 10.9 Å². The third kappa shape index (κ3) is 4.00. The van der Waals surface area contributed by atoms with Gasteiger partial charge in [0.1, 0.15) is 5.69 Å². The maximum atomic E-state index is 13.2. The molecule has 2 aromatic carbocycles. The summed E-state index contributed by atoms with van der Waals surface area (Å²) in [5.74, 6) is -0.517. The quantitative estimate of drug-likeness (QED) is 0.335. The first-order valence-corrected chi connectivity index (χ1v) is 11.5. The average Bonchev–Trinajstić information content (AvgIpc) is 3.44. The van der Waals surface area contributed by atoms with Crippen LogP contribution in [0.3, 0.4) is 0 Å². The van der Waals surface area contributed by atoms with Gasteiger partial charge < -0.3 is 10.1 Å². The largest absolute Gasteiger partial charge is 0.480 e. The summed E-state index contributed by atoms with van der Waals surface area (Å²) >= 11 is 0. The van der Waals surface area contributed by atoms with Crippen molar-refractivity contribution in [1.29, 1.82) is 5.41 Å². The molecule has 170 valence electrons. The number of rotatable bonds is 6. The van der Waals surface area contributed by atoms with Crippen LogP contribution in [0.5, 0.6) is 0 Å². The van der Waals surface area contributed by atoms with E-state index in [1.165, 1.54) is 35.1 Å². The van der Waals surface area contributed by atoms with E-state index in [0.29, 0.717) is 11.2 Å². The van der Waals surface area contributed by atoms with E-state index >= 15 is 0 Å². The summed E-state index contributed by atoms with van der Waals surface area (Å²) < 4.78 is 34.3. The van der Waals surface area contributed by atoms with Crippen LogP contribution >= 0.6 is 0 Å². The van der Waals surface area contributed by atoms with Crippen LogP contribution in [0.15, 0.2) is 65.7 Å². The van der Waals surface area contributed by atoms with E-state index in [1.54, 1.807) is 42.5 Å². The number of amides is 1. The van der Waals surface area contributed by atoms with Gasteiger partial charge in [0.05, 0.1) is 24.1 Å². The second-order valence-electron chi connectivity index (χ2n) is 7.46. The summed E-state index contributed by atoms with van der Waals surface area (Å²) in [6.07, 6.45) is 1.53. The van der Waals surface area contributed by atoms with Gasteiger partial charge in [0, 0.05) is 24.7 Å². The Labute approximate surface area is 191 Å². The van der Waals surface area contributed by atoms with Crippen molar-refractivity contribution in [2.45, 2.75) is 18.4 Å². The first-order chi connectivity index (χ1) is 15.8. The molecule has 0 radical (unpaired) electrons. The van der Waals surface area contributed by atoms with Crippen molar-refractivity contribution in [3.63, 3.8) is 0 Å². The predicted octanol–water partition coefficient (Wildman–Crippen LogP) is 2.76. The molecule has 0 saturated carbocycles. The van der Waals surface area contributed by atoms with E-state index in [1.807, 2.05) is 13.0 Å². The monoisotopic (exact) mass is 465 g/mol. The van der Waals surface area contributed by atoms with Crippen LogP contribution in [0.4, 0.5) is 0 Å². The Morgan fingerprint density at radius 1 is 1.15 bits per heavy atom. The molecule has 33 heavy (non-hydrogen) atoms. The highest BCUT2D eigenvalue weighted by atomic mass is 32.2. The maximum Gasteiger partial charge on any atom is 0.271 e. The van der Waals surface area contributed by atoms with Gasteiger partial charge in [-0.05, 0) is 36.8 Å². The van der Waals surface area contributed by atoms with Crippen molar-refractivity contribution >= 4 is 32.7 Å². The topological polar surface area (TPSA) is 119 Å². The fourth-order valence-electron chi connectivity index (χ4n) is 3.60. The van der Waals surface area contributed by atoms with Gasteiger partial charge in [0.25, 0.3) is 15.9 Å². The van der Waals surface area contributed by atoms with Gasteiger partial charge in [-0.2, -0.15) is 5.10 Å². The number of nitrogens with one attached hydrogen (secondary N) is 2. The van der Waals surface area contributed by atoms with Crippen LogP contribution in [-0.2, 0) is 21.3 Å². The van der Waals surface area contributed by atoms with Crippen molar-refractivity contribution < 1.29 is 17.9 Å². The van der Waals surface area contributed by atoms with Crippen molar-refractivity contribution in [3.8, 4) is 0 Å². The maximum absolute atomic E-state index is 13.2. The molecule has 9 nitrogen and oxygen atoms in total. The minimum atomic E-state index is -3.78. The van der Waals surface area contributed by atoms with Crippen LogP contribution in [0, 0.1) is 12.3 Å². The Morgan fingerprint density at radius 3 is 2.55 bits per heavy atom. The molecular formula is C23H23N5O4S. The fraction of sp³-hybridized carbons (Fsp3) is 0.174. The molecule has 4 rings (SSSR count). The highest BCUT2D eigenvalue weighted by Crippen LogP contribution is 2.26. The van der Waals surface area contributed by atoms with Gasteiger partial charge in [-0.3, -0.25) is 14.9 Å². The lowest BCUT2D eigenvalue weighted by Crippen LogP contribution is -2.18. The summed E-state index contributed by atoms with van der Waals surface area (Å²) in [4.78, 5) is 12.3. The second-order valence-corrected chi connectivity index (χ2v) is 9.28. The number of ether oxygens (including phenoxy) is 1. The number of aromatic nitrogens is 3. The minimum Gasteiger partial charge on any atom is -0.480 e. The van der Waals surface area contributed by atoms with Crippen molar-refractivity contribution in [3.05, 3.63) is 83.3 Å². The fourth-order valence-corrected chi connectivity index (χ4v) is 4.95. The summed E-state index contributed by atoms with van der Waals surface area (Å²) in [6, 6.07) is 15.3. The molecule has 2 N–H and O–H groups in total. The van der Waals surface area contributed by atoms with E-state index in [0.717, 1.165) is 16.5 Å². The van der Waals surface area contributed by atoms with Gasteiger partial charge in [-0.1, -0.05) is 29.8 Å². The first kappa shape index (κ1) is 22.3. The standard InChI is InChI=1S/C23H23N5O4S/c1-15-7-9-17(10-8-15)33(30,31)28-12-11-18-16(5-4-6-20(18)28)14-27-21(22(24)32-3)13-19(26-27)23(29)25-2/h4-13,24H,14H2,1-3H3,(H,25,29). The zero-order valence-corrected chi connectivity index (χ0v) is 19.2. The summed E-state index contributed by atoms with van der Waals surface area (Å²) in [7, 11) is -0.906. The number of benzene rings is 2. The van der Waals surface area contributed by atoms with Crippen LogP contribution in [-0.4, -0.2) is 48.1 Å². The SMILES string of the molecule is CNC(=O)c1cc(C(=N)OC)n(Cc2cccc3c2ccn3S(=O)(=O)c2ccc(C)cc2)n1. The smallest absolute Gasteiger partial charge is 0.271 e. The van der Waals surface area contributed by atoms with E-state index in [4.69, 9.17) is 10.1 Å². The average molecular weight is 466 g/mol. The molecular weight excluding hydrogens is 442 g/mol. The third-order valence-corrected chi connectivity index (χ3v) is 7.07. The van der Waals surface area contributed by atoms with Crippen molar-refractivity contribution in [1.82, 2.24) is 19.1 Å². The molecule has 0 spiro atoms. The van der Waals surface area contributed by atoms with Gasteiger partial charge in [-0.15, -0.1) is 0 Å². The number of methoxy groups -OCH3 is 1.